The number of carbonyl (C=O) groups excluding carboxylic acids is 1. The second-order valence-corrected chi connectivity index (χ2v) is 6.11. The molecule has 1 aliphatic heterocycles. The first kappa shape index (κ1) is 15.7. The number of hydrogen-bond acceptors (Lipinski definition) is 5. The van der Waals surface area contributed by atoms with Gasteiger partial charge in [0, 0.05) is 13.1 Å². The van der Waals surface area contributed by atoms with Crippen LogP contribution in [0.3, 0.4) is 0 Å². The second-order valence-electron chi connectivity index (χ2n) is 6.11. The highest BCUT2D eigenvalue weighted by Crippen LogP contribution is 2.25. The number of piperidine rings is 1. The molecule has 0 aromatic carbocycles. The number of nitrogens with zero attached hydrogens (tertiary/aromatic N) is 5. The lowest BCUT2D eigenvalue weighted by Gasteiger charge is -2.33. The van der Waals surface area contributed by atoms with E-state index in [1.807, 2.05) is 30.4 Å². The van der Waals surface area contributed by atoms with E-state index in [1.165, 1.54) is 0 Å². The number of amides is 1. The molecule has 124 valence electrons. The number of likely N-dealkylation sites (tertiary alicyclic amines) is 1. The van der Waals surface area contributed by atoms with Crippen LogP contribution < -0.4 is 0 Å². The zero-order valence-corrected chi connectivity index (χ0v) is 14.2. The van der Waals surface area contributed by atoms with Gasteiger partial charge in [-0.15, -0.1) is 0 Å². The third-order valence-corrected chi connectivity index (χ3v) is 4.42. The molecular weight excluding hydrogens is 294 g/mol. The Bertz CT molecular complexity index is 718. The predicted octanol–water partition coefficient (Wildman–Crippen LogP) is 2.23. The van der Waals surface area contributed by atoms with E-state index in [0.717, 1.165) is 36.7 Å². The van der Waals surface area contributed by atoms with E-state index in [1.54, 1.807) is 6.92 Å². The van der Waals surface area contributed by atoms with Crippen LogP contribution in [-0.2, 0) is 6.42 Å². The Hall–Kier alpha value is -2.18. The molecule has 0 N–H and O–H groups in total. The van der Waals surface area contributed by atoms with E-state index >= 15 is 0 Å². The van der Waals surface area contributed by atoms with Gasteiger partial charge in [0.1, 0.15) is 23.0 Å². The Labute approximate surface area is 135 Å². The molecule has 23 heavy (non-hydrogen) atoms. The maximum atomic E-state index is 12.9. The SMILES string of the molecule is CCc1noc(C)c1C(=O)N1CCCC(n2nc(C)nc2C)C1. The number of aryl methyl sites for hydroxylation is 4. The summed E-state index contributed by atoms with van der Waals surface area (Å²) in [5, 5.41) is 8.47. The smallest absolute Gasteiger partial charge is 0.259 e. The average molecular weight is 317 g/mol. The van der Waals surface area contributed by atoms with Crippen LogP contribution in [-0.4, -0.2) is 43.8 Å². The predicted molar refractivity (Wildman–Crippen MR) is 84.3 cm³/mol. The first-order chi connectivity index (χ1) is 11.0. The molecule has 3 heterocycles. The van der Waals surface area contributed by atoms with Gasteiger partial charge in [-0.25, -0.2) is 9.67 Å². The Morgan fingerprint density at radius 2 is 2.13 bits per heavy atom. The van der Waals surface area contributed by atoms with Gasteiger partial charge in [0.25, 0.3) is 5.91 Å². The van der Waals surface area contributed by atoms with E-state index in [9.17, 15) is 4.79 Å². The Balaban J connectivity index is 1.82. The highest BCUT2D eigenvalue weighted by molar-refractivity contribution is 5.96. The highest BCUT2D eigenvalue weighted by atomic mass is 16.5. The van der Waals surface area contributed by atoms with Crippen molar-refractivity contribution in [3.63, 3.8) is 0 Å². The van der Waals surface area contributed by atoms with Crippen molar-refractivity contribution in [1.29, 1.82) is 0 Å². The van der Waals surface area contributed by atoms with Crippen LogP contribution in [0.15, 0.2) is 4.52 Å². The first-order valence-electron chi connectivity index (χ1n) is 8.15. The molecule has 2 aromatic heterocycles. The van der Waals surface area contributed by atoms with Crippen LogP contribution in [0.1, 0.15) is 59.3 Å². The fourth-order valence-electron chi connectivity index (χ4n) is 3.31. The Morgan fingerprint density at radius 3 is 2.78 bits per heavy atom. The number of hydrogen-bond donors (Lipinski definition) is 0. The van der Waals surface area contributed by atoms with Crippen LogP contribution in [0.25, 0.3) is 0 Å². The second kappa shape index (κ2) is 6.14. The van der Waals surface area contributed by atoms with Gasteiger partial charge in [0.05, 0.1) is 11.7 Å². The number of rotatable bonds is 3. The van der Waals surface area contributed by atoms with Crippen molar-refractivity contribution < 1.29 is 9.32 Å². The minimum absolute atomic E-state index is 0.0137. The first-order valence-corrected chi connectivity index (χ1v) is 8.15. The van der Waals surface area contributed by atoms with Gasteiger partial charge in [-0.05, 0) is 40.0 Å². The monoisotopic (exact) mass is 317 g/mol. The quantitative estimate of drug-likeness (QED) is 0.867. The maximum absolute atomic E-state index is 12.9. The van der Waals surface area contributed by atoms with Crippen molar-refractivity contribution in [1.82, 2.24) is 24.8 Å². The van der Waals surface area contributed by atoms with E-state index in [4.69, 9.17) is 4.52 Å². The van der Waals surface area contributed by atoms with E-state index in [2.05, 4.69) is 15.2 Å². The summed E-state index contributed by atoms with van der Waals surface area (Å²) in [4.78, 5) is 19.2. The average Bonchev–Trinajstić information content (AvgIpc) is 3.08. The van der Waals surface area contributed by atoms with Gasteiger partial charge in [0.2, 0.25) is 0 Å². The molecule has 0 radical (unpaired) electrons. The molecule has 2 aromatic rings. The Kier molecular flexibility index (Phi) is 4.19. The maximum Gasteiger partial charge on any atom is 0.259 e. The number of carbonyl (C=O) groups is 1. The highest BCUT2D eigenvalue weighted by Gasteiger charge is 2.30. The minimum atomic E-state index is 0.0137. The summed E-state index contributed by atoms with van der Waals surface area (Å²) >= 11 is 0. The molecule has 3 rings (SSSR count). The topological polar surface area (TPSA) is 77.0 Å². The molecule has 1 unspecified atom stereocenters. The largest absolute Gasteiger partial charge is 0.361 e. The zero-order chi connectivity index (χ0) is 16.6. The van der Waals surface area contributed by atoms with Crippen molar-refractivity contribution in [3.8, 4) is 0 Å². The summed E-state index contributed by atoms with van der Waals surface area (Å²) < 4.78 is 7.16. The summed E-state index contributed by atoms with van der Waals surface area (Å²) in [6, 6.07) is 0.180. The minimum Gasteiger partial charge on any atom is -0.361 e. The van der Waals surface area contributed by atoms with Crippen LogP contribution in [0.2, 0.25) is 0 Å². The molecular formula is C16H23N5O2. The molecule has 1 amide bonds. The van der Waals surface area contributed by atoms with Crippen LogP contribution in [0.4, 0.5) is 0 Å². The van der Waals surface area contributed by atoms with Gasteiger partial charge in [-0.1, -0.05) is 12.1 Å². The fraction of sp³-hybridized carbons (Fsp3) is 0.625. The van der Waals surface area contributed by atoms with Gasteiger partial charge < -0.3 is 9.42 Å². The summed E-state index contributed by atoms with van der Waals surface area (Å²) in [5.74, 6) is 2.29. The van der Waals surface area contributed by atoms with E-state index in [-0.39, 0.29) is 11.9 Å². The Morgan fingerprint density at radius 1 is 1.35 bits per heavy atom. The molecule has 0 bridgehead atoms. The van der Waals surface area contributed by atoms with Crippen molar-refractivity contribution in [3.05, 3.63) is 28.7 Å². The zero-order valence-electron chi connectivity index (χ0n) is 14.2. The molecule has 7 nitrogen and oxygen atoms in total. The van der Waals surface area contributed by atoms with Crippen molar-refractivity contribution in [2.24, 2.45) is 0 Å². The van der Waals surface area contributed by atoms with E-state index < -0.39 is 0 Å². The van der Waals surface area contributed by atoms with Gasteiger partial charge in [-0.3, -0.25) is 4.79 Å². The van der Waals surface area contributed by atoms with Crippen LogP contribution in [0, 0.1) is 20.8 Å². The molecule has 1 atom stereocenters. The molecule has 1 saturated heterocycles. The standard InChI is InChI=1S/C16H23N5O2/c1-5-14-15(10(2)23-19-14)16(22)20-8-6-7-13(9-20)21-12(4)17-11(3)18-21/h13H,5-9H2,1-4H3. The van der Waals surface area contributed by atoms with E-state index in [0.29, 0.717) is 24.3 Å². The lowest BCUT2D eigenvalue weighted by molar-refractivity contribution is 0.0668. The summed E-state index contributed by atoms with van der Waals surface area (Å²) in [5.41, 5.74) is 1.36. The normalized spacial score (nSPS) is 18.4. The molecule has 0 saturated carbocycles. The number of aromatic nitrogens is 4. The van der Waals surface area contributed by atoms with Gasteiger partial charge in [0.15, 0.2) is 0 Å². The van der Waals surface area contributed by atoms with Crippen molar-refractivity contribution >= 4 is 5.91 Å². The lowest BCUT2D eigenvalue weighted by Crippen LogP contribution is -2.41. The van der Waals surface area contributed by atoms with Gasteiger partial charge >= 0.3 is 0 Å². The molecule has 0 spiro atoms. The van der Waals surface area contributed by atoms with Crippen molar-refractivity contribution in [2.75, 3.05) is 13.1 Å². The molecule has 7 heteroatoms. The third-order valence-electron chi connectivity index (χ3n) is 4.42. The van der Waals surface area contributed by atoms with Crippen LogP contribution >= 0.6 is 0 Å². The molecule has 1 fully saturated rings. The molecule has 1 aliphatic rings. The summed E-state index contributed by atoms with van der Waals surface area (Å²) in [7, 11) is 0. The van der Waals surface area contributed by atoms with Crippen LogP contribution in [0.5, 0.6) is 0 Å². The molecule has 0 aliphatic carbocycles. The fourth-order valence-corrected chi connectivity index (χ4v) is 3.31. The summed E-state index contributed by atoms with van der Waals surface area (Å²) in [6.45, 7) is 9.04. The lowest BCUT2D eigenvalue weighted by atomic mass is 10.0. The van der Waals surface area contributed by atoms with Gasteiger partial charge in [-0.2, -0.15) is 5.10 Å². The van der Waals surface area contributed by atoms with Crippen molar-refractivity contribution in [2.45, 2.75) is 53.0 Å². The third kappa shape index (κ3) is 2.87. The summed E-state index contributed by atoms with van der Waals surface area (Å²) in [6.07, 6.45) is 2.66.